The maximum atomic E-state index is 11.8. The Kier molecular flexibility index (Phi) is 3.06. The first-order valence-electron chi connectivity index (χ1n) is 6.54. The van der Waals surface area contributed by atoms with Crippen LogP contribution in [0.15, 0.2) is 18.2 Å². The average Bonchev–Trinajstić information content (AvgIpc) is 2.96. The molecule has 2 heterocycles. The number of fused-ring (bicyclic) bond motifs is 1. The van der Waals surface area contributed by atoms with Gasteiger partial charge in [0.2, 0.25) is 0 Å². The van der Waals surface area contributed by atoms with Gasteiger partial charge >= 0.3 is 0 Å². The molecule has 1 N–H and O–H groups in total. The third-order valence-corrected chi connectivity index (χ3v) is 3.77. The van der Waals surface area contributed by atoms with E-state index in [1.54, 1.807) is 11.9 Å². The van der Waals surface area contributed by atoms with E-state index in [0.29, 0.717) is 12.4 Å². The van der Waals surface area contributed by atoms with Gasteiger partial charge in [0.1, 0.15) is 18.1 Å². The Morgan fingerprint density at radius 1 is 1.47 bits per heavy atom. The quantitative estimate of drug-likeness (QED) is 0.881. The van der Waals surface area contributed by atoms with Crippen LogP contribution in [0.2, 0.25) is 0 Å². The molecule has 0 saturated carbocycles. The van der Waals surface area contributed by atoms with E-state index in [-0.39, 0.29) is 18.1 Å². The summed E-state index contributed by atoms with van der Waals surface area (Å²) in [4.78, 5) is 13.5. The van der Waals surface area contributed by atoms with Crippen LogP contribution >= 0.6 is 0 Å². The molecule has 2 aliphatic heterocycles. The van der Waals surface area contributed by atoms with Crippen molar-refractivity contribution in [1.82, 2.24) is 10.2 Å². The summed E-state index contributed by atoms with van der Waals surface area (Å²) in [6.07, 6.45) is 0.386. The molecular formula is C14H18N2O3. The van der Waals surface area contributed by atoms with Crippen molar-refractivity contribution in [3.63, 3.8) is 0 Å². The molecule has 2 aliphatic rings. The highest BCUT2D eigenvalue weighted by Crippen LogP contribution is 2.35. The van der Waals surface area contributed by atoms with E-state index in [0.717, 1.165) is 24.3 Å². The first-order chi connectivity index (χ1) is 9.19. The predicted octanol–water partition coefficient (Wildman–Crippen LogP) is 0.949. The van der Waals surface area contributed by atoms with Crippen molar-refractivity contribution in [3.8, 4) is 11.5 Å². The van der Waals surface area contributed by atoms with Crippen LogP contribution in [0.5, 0.6) is 11.5 Å². The molecule has 3 rings (SSSR count). The molecular weight excluding hydrogens is 244 g/mol. The molecule has 5 nitrogen and oxygen atoms in total. The second kappa shape index (κ2) is 4.74. The van der Waals surface area contributed by atoms with Gasteiger partial charge in [0.05, 0.1) is 6.04 Å². The van der Waals surface area contributed by atoms with Crippen LogP contribution in [0, 0.1) is 0 Å². The van der Waals surface area contributed by atoms with Crippen molar-refractivity contribution in [2.45, 2.75) is 18.6 Å². The molecule has 1 amide bonds. The van der Waals surface area contributed by atoms with Crippen molar-refractivity contribution >= 4 is 5.91 Å². The summed E-state index contributed by atoms with van der Waals surface area (Å²) in [5.41, 5.74) is 1.14. The van der Waals surface area contributed by atoms with Gasteiger partial charge in [-0.2, -0.15) is 0 Å². The zero-order chi connectivity index (χ0) is 13.4. The molecule has 102 valence electrons. The number of carbonyl (C=O) groups is 1. The van der Waals surface area contributed by atoms with Gasteiger partial charge in [-0.15, -0.1) is 0 Å². The summed E-state index contributed by atoms with van der Waals surface area (Å²) >= 11 is 0. The lowest BCUT2D eigenvalue weighted by molar-refractivity contribution is -0.132. The largest absolute Gasteiger partial charge is 0.491 e. The number of ether oxygens (including phenoxy) is 2. The van der Waals surface area contributed by atoms with Crippen LogP contribution in [-0.2, 0) is 4.79 Å². The van der Waals surface area contributed by atoms with E-state index in [1.807, 2.05) is 25.2 Å². The number of amides is 1. The molecule has 2 atom stereocenters. The number of hydrogen-bond acceptors (Lipinski definition) is 4. The zero-order valence-electron chi connectivity index (χ0n) is 11.2. The normalized spacial score (nSPS) is 25.4. The Morgan fingerprint density at radius 3 is 3.00 bits per heavy atom. The standard InChI is InChI=1S/C14H18N2O3/c1-15-11-8-18-13-7-9(3-4-10(11)13)19-12-5-6-16(2)14(12)17/h3-4,7,11-12,15H,5-6,8H2,1-2H3. The maximum absolute atomic E-state index is 11.8. The summed E-state index contributed by atoms with van der Waals surface area (Å²) in [7, 11) is 3.72. The Labute approximate surface area is 112 Å². The van der Waals surface area contributed by atoms with Crippen LogP contribution < -0.4 is 14.8 Å². The summed E-state index contributed by atoms with van der Waals surface area (Å²) in [6, 6.07) is 6.02. The molecule has 0 aromatic heterocycles. The summed E-state index contributed by atoms with van der Waals surface area (Å²) in [6.45, 7) is 1.40. The number of benzene rings is 1. The minimum Gasteiger partial charge on any atom is -0.491 e. The van der Waals surface area contributed by atoms with E-state index in [9.17, 15) is 4.79 Å². The fourth-order valence-corrected chi connectivity index (χ4v) is 2.57. The Balaban J connectivity index is 1.75. The Hall–Kier alpha value is -1.75. The topological polar surface area (TPSA) is 50.8 Å². The van der Waals surface area contributed by atoms with Gasteiger partial charge in [-0.3, -0.25) is 4.79 Å². The van der Waals surface area contributed by atoms with E-state index in [1.165, 1.54) is 0 Å². The molecule has 0 radical (unpaired) electrons. The molecule has 1 aromatic rings. The molecule has 2 unspecified atom stereocenters. The maximum Gasteiger partial charge on any atom is 0.263 e. The van der Waals surface area contributed by atoms with Gasteiger partial charge in [-0.05, 0) is 19.2 Å². The summed E-state index contributed by atoms with van der Waals surface area (Å²) in [5.74, 6) is 1.59. The SMILES string of the molecule is CNC1COc2cc(OC3CCN(C)C3=O)ccc21. The Morgan fingerprint density at radius 2 is 2.32 bits per heavy atom. The second-order valence-corrected chi connectivity index (χ2v) is 5.01. The third kappa shape index (κ3) is 2.14. The lowest BCUT2D eigenvalue weighted by atomic mass is 10.1. The molecule has 19 heavy (non-hydrogen) atoms. The minimum absolute atomic E-state index is 0.0505. The van der Waals surface area contributed by atoms with Gasteiger partial charge in [-0.25, -0.2) is 0 Å². The van der Waals surface area contributed by atoms with Gasteiger partial charge < -0.3 is 19.7 Å². The highest BCUT2D eigenvalue weighted by molar-refractivity contribution is 5.83. The Bertz CT molecular complexity index is 503. The predicted molar refractivity (Wildman–Crippen MR) is 70.4 cm³/mol. The van der Waals surface area contributed by atoms with Gasteiger partial charge in [0, 0.05) is 31.6 Å². The van der Waals surface area contributed by atoms with Crippen LogP contribution in [-0.4, -0.2) is 44.2 Å². The second-order valence-electron chi connectivity index (χ2n) is 5.01. The smallest absolute Gasteiger partial charge is 0.263 e. The number of nitrogens with zero attached hydrogens (tertiary/aromatic N) is 1. The number of hydrogen-bond donors (Lipinski definition) is 1. The number of likely N-dealkylation sites (tertiary alicyclic amines) is 1. The van der Waals surface area contributed by atoms with Crippen molar-refractivity contribution < 1.29 is 14.3 Å². The molecule has 1 fully saturated rings. The highest BCUT2D eigenvalue weighted by Gasteiger charge is 2.31. The third-order valence-electron chi connectivity index (χ3n) is 3.77. The van der Waals surface area contributed by atoms with Crippen molar-refractivity contribution in [2.75, 3.05) is 27.2 Å². The fourth-order valence-electron chi connectivity index (χ4n) is 2.57. The van der Waals surface area contributed by atoms with Gasteiger partial charge in [0.25, 0.3) is 5.91 Å². The van der Waals surface area contributed by atoms with E-state index < -0.39 is 0 Å². The molecule has 0 spiro atoms. The van der Waals surface area contributed by atoms with Crippen molar-refractivity contribution in [3.05, 3.63) is 23.8 Å². The number of carbonyl (C=O) groups excluding carboxylic acids is 1. The van der Waals surface area contributed by atoms with Crippen LogP contribution in [0.4, 0.5) is 0 Å². The number of rotatable bonds is 3. The number of likely N-dealkylation sites (N-methyl/N-ethyl adjacent to an activating group) is 2. The van der Waals surface area contributed by atoms with Crippen LogP contribution in [0.25, 0.3) is 0 Å². The lowest BCUT2D eigenvalue weighted by Gasteiger charge is -2.14. The molecule has 1 aromatic carbocycles. The minimum atomic E-state index is -0.357. The van der Waals surface area contributed by atoms with Gasteiger partial charge in [0.15, 0.2) is 6.10 Å². The summed E-state index contributed by atoms with van der Waals surface area (Å²) in [5, 5.41) is 3.20. The van der Waals surface area contributed by atoms with Crippen LogP contribution in [0.1, 0.15) is 18.0 Å². The fraction of sp³-hybridized carbons (Fsp3) is 0.500. The zero-order valence-corrected chi connectivity index (χ0v) is 11.2. The monoisotopic (exact) mass is 262 g/mol. The summed E-state index contributed by atoms with van der Waals surface area (Å²) < 4.78 is 11.4. The first-order valence-corrected chi connectivity index (χ1v) is 6.54. The van der Waals surface area contributed by atoms with Crippen molar-refractivity contribution in [2.24, 2.45) is 0 Å². The molecule has 0 bridgehead atoms. The molecule has 0 aliphatic carbocycles. The van der Waals surface area contributed by atoms with Crippen LogP contribution in [0.3, 0.4) is 0 Å². The average molecular weight is 262 g/mol. The molecule has 1 saturated heterocycles. The first kappa shape index (κ1) is 12.3. The van der Waals surface area contributed by atoms with E-state index in [2.05, 4.69) is 5.32 Å². The highest BCUT2D eigenvalue weighted by atomic mass is 16.5. The number of nitrogens with one attached hydrogen (secondary N) is 1. The lowest BCUT2D eigenvalue weighted by Crippen LogP contribution is -2.29. The van der Waals surface area contributed by atoms with Gasteiger partial charge in [-0.1, -0.05) is 0 Å². The van der Waals surface area contributed by atoms with Crippen molar-refractivity contribution in [1.29, 1.82) is 0 Å². The van der Waals surface area contributed by atoms with E-state index in [4.69, 9.17) is 9.47 Å². The molecule has 5 heteroatoms. The van der Waals surface area contributed by atoms with E-state index >= 15 is 0 Å².